The second-order valence-electron chi connectivity index (χ2n) is 26.7. The molecule has 33 nitrogen and oxygen atoms in total. The molecule has 11 bridgehead atoms. The third-order valence-electron chi connectivity index (χ3n) is 18.2. The molecule has 0 aliphatic carbocycles. The summed E-state index contributed by atoms with van der Waals surface area (Å²) in [6.07, 6.45) is -15.6. The first-order chi connectivity index (χ1) is 49.2. The number of aliphatic carboxylic acids is 1. The monoisotopic (exact) mass is 1520 g/mol. The van der Waals surface area contributed by atoms with Crippen molar-refractivity contribution in [1.29, 1.82) is 0 Å². The largest absolute Gasteiger partial charge is 1.00 e. The molecule has 0 aromatic heterocycles. The summed E-state index contributed by atoms with van der Waals surface area (Å²) in [5.74, 6) is -16.1. The highest BCUT2D eigenvalue weighted by molar-refractivity contribution is 6.32. The van der Waals surface area contributed by atoms with Crippen LogP contribution in [0.1, 0.15) is 125 Å². The zero-order chi connectivity index (χ0) is 75.7. The lowest BCUT2D eigenvalue weighted by molar-refractivity contribution is -0.518. The maximum absolute atomic E-state index is 16.1. The molecule has 21 N–H and O–H groups in total. The van der Waals surface area contributed by atoms with Crippen LogP contribution in [0.3, 0.4) is 0 Å². The van der Waals surface area contributed by atoms with Gasteiger partial charge in [0.25, 0.3) is 0 Å². The predicted molar refractivity (Wildman–Crippen MR) is 362 cm³/mol. The van der Waals surface area contributed by atoms with E-state index in [4.69, 9.17) is 57.4 Å². The summed E-state index contributed by atoms with van der Waals surface area (Å²) in [4.78, 5) is 122. The number of benzene rings is 5. The number of phenols is 3. The number of hydrogen-bond acceptors (Lipinski definition) is 24. The molecule has 0 unspecified atom stereocenters. The second-order valence-corrected chi connectivity index (χ2v) is 27.5. The van der Waals surface area contributed by atoms with Gasteiger partial charge in [-0.1, -0.05) is 68.6 Å². The number of aliphatic imine (C=N–C) groups is 1. The fraction of sp³-hybridized carbons (Fsp3) is 0.435. The van der Waals surface area contributed by atoms with Crippen molar-refractivity contribution in [3.63, 3.8) is 0 Å². The van der Waals surface area contributed by atoms with Crippen LogP contribution in [0.25, 0.3) is 11.1 Å². The standard InChI is InChI=1S/C69H79Cl2N9O24.ClH/c1-6-7-14-74-37(15-26(2)3)61(91)79-52-54(86)29-9-12-41(35(70)17-29)100-43-19-31-20-44(58(43)104-68-59(57(89)56(88)45(25-81)102-68)103-47-24-69(5,73)60(90)27(4)99-47)101-42-13-10-30(18-36(42)71)55(87)53-66(96)78-51(67(97)98)34-21-32(82)22-40(84)48(34)33-16-28(8-11-39(33)83)49(63(93)80-53)77-64(94)50(31)76-62(92)38(23-46(72)85)75-65(52)95;/h8-14,16-22,26-27,37-38,45,47,49-57,59-60,68,81-84,86-90H,6-7,15,23-25,73H2,1-5H3,(H2,72,85)(H,75,95)(H,76,92)(H,77,94)(H,78,96)(H,79,91)(H,80,93)(H,97,98);1H/t27-,37+,38-,45+,47-,49+,50-,51-,52+,53-,54+,55+,56+,57-,59+,60+,68-,69-;/m0./s1. The third kappa shape index (κ3) is 17.5. The first kappa shape index (κ1) is 79.9. The van der Waals surface area contributed by atoms with Gasteiger partial charge in [0.2, 0.25) is 53.4 Å². The molecule has 18 atom stereocenters. The number of aliphatic hydroxyl groups excluding tert-OH is 6. The summed E-state index contributed by atoms with van der Waals surface area (Å²) in [7, 11) is 0. The molecule has 12 rings (SSSR count). The number of carboxylic acid groups (broad SMARTS) is 1. The van der Waals surface area contributed by atoms with Crippen molar-refractivity contribution < 1.29 is 136 Å². The number of carbonyl (C=O) groups excluding carboxylic acids is 7. The highest BCUT2D eigenvalue weighted by Crippen LogP contribution is 2.50. The fourth-order valence-electron chi connectivity index (χ4n) is 12.7. The Hall–Kier alpha value is -9.20. The van der Waals surface area contributed by atoms with Crippen LogP contribution in [0, 0.1) is 5.92 Å². The van der Waals surface area contributed by atoms with Gasteiger partial charge >= 0.3 is 5.97 Å². The highest BCUT2D eigenvalue weighted by Gasteiger charge is 2.52. The molecule has 105 heavy (non-hydrogen) atoms. The minimum atomic E-state index is -2.35. The Balaban J connectivity index is 0.0000128. The molecule has 2 fully saturated rings. The predicted octanol–water partition coefficient (Wildman–Crippen LogP) is -1.96. The van der Waals surface area contributed by atoms with Crippen LogP contribution in [0.5, 0.6) is 46.0 Å². The minimum Gasteiger partial charge on any atom is -1.00 e. The summed E-state index contributed by atoms with van der Waals surface area (Å²) in [5, 5.41) is 128. The Bertz CT molecular complexity index is 4190. The molecule has 7 aliphatic rings. The molecule has 7 amide bonds. The molecule has 0 radical (unpaired) electrons. The zero-order valence-electron chi connectivity index (χ0n) is 56.8. The summed E-state index contributed by atoms with van der Waals surface area (Å²) in [5.41, 5.74) is 5.91. The van der Waals surface area contributed by atoms with Crippen molar-refractivity contribution in [2.75, 3.05) is 6.61 Å². The number of halogens is 3. The van der Waals surface area contributed by atoms with E-state index in [0.29, 0.717) is 12.8 Å². The summed E-state index contributed by atoms with van der Waals surface area (Å²) < 4.78 is 38.5. The Morgan fingerprint density at radius 1 is 0.752 bits per heavy atom. The lowest BCUT2D eigenvalue weighted by Gasteiger charge is -2.45. The Kier molecular flexibility index (Phi) is 25.2. The van der Waals surface area contributed by atoms with E-state index in [1.807, 2.05) is 20.8 Å². The SMILES string of the molecule is CCCC=N[C@H](CC(C)C)C(=O)N[C@H]1C(=O)N[C@@H](CC(N)=O)C(=O)N[C@@H]2C(=O)N[C@H]3C(=O)N[C@H](C(=O)N[C@H](C(=O)O)c4cc(O)cc(O)c4-c4cc3ccc4O)[C@H](O)c3ccc(c(Cl)c3)Oc3cc2cc(c3O[C@@H]2O[C@H](CO)[C@@H](O)[C@H](O)[C@H]2O[C@H]2C[C@](C)([NH3+])[C@H](O)[C@H](C)O2)Oc2ccc(cc2Cl)[C@H]1O.[Cl-]. The quantitative estimate of drug-likeness (QED) is 0.0506. The van der Waals surface area contributed by atoms with Crippen LogP contribution in [0.2, 0.25) is 10.0 Å². The van der Waals surface area contributed by atoms with Gasteiger partial charge in [0.05, 0.1) is 35.6 Å². The smallest absolute Gasteiger partial charge is 0.330 e. The molecule has 5 aromatic carbocycles. The number of nitrogens with two attached hydrogens (primary N) is 1. The van der Waals surface area contributed by atoms with E-state index in [0.717, 1.165) is 66.7 Å². The van der Waals surface area contributed by atoms with Gasteiger partial charge in [-0.15, -0.1) is 0 Å². The summed E-state index contributed by atoms with van der Waals surface area (Å²) >= 11 is 14.2. The number of hydrogen-bond donors (Lipinski definition) is 18. The van der Waals surface area contributed by atoms with Gasteiger partial charge in [-0.05, 0) is 116 Å². The molecule has 5 aromatic rings. The van der Waals surface area contributed by atoms with E-state index in [-0.39, 0.29) is 58.6 Å². The molecule has 566 valence electrons. The van der Waals surface area contributed by atoms with Gasteiger partial charge in [0.15, 0.2) is 29.9 Å². The summed E-state index contributed by atoms with van der Waals surface area (Å²) in [6, 6.07) is -0.810. The first-order valence-corrected chi connectivity index (χ1v) is 33.8. The molecular weight excluding hydrogens is 1450 g/mol. The molecule has 36 heteroatoms. The minimum absolute atomic E-state index is 0. The van der Waals surface area contributed by atoms with E-state index >= 15 is 14.4 Å². The number of carbonyl (C=O) groups is 8. The van der Waals surface area contributed by atoms with Crippen LogP contribution in [0.4, 0.5) is 0 Å². The van der Waals surface area contributed by atoms with E-state index in [2.05, 4.69) is 42.6 Å². The average molecular weight is 1530 g/mol. The Labute approximate surface area is 614 Å². The van der Waals surface area contributed by atoms with E-state index in [1.54, 1.807) is 6.92 Å². The maximum atomic E-state index is 16.1. The van der Waals surface area contributed by atoms with Crippen molar-refractivity contribution in [2.24, 2.45) is 16.6 Å². The third-order valence-corrected chi connectivity index (χ3v) is 18.8. The first-order valence-electron chi connectivity index (χ1n) is 33.0. The van der Waals surface area contributed by atoms with Gasteiger partial charge < -0.3 is 135 Å². The Morgan fingerprint density at radius 2 is 1.36 bits per heavy atom. The number of unbranched alkanes of at least 4 members (excludes halogenated alkanes) is 1. The lowest BCUT2D eigenvalue weighted by Crippen LogP contribution is -3.00. The fourth-order valence-corrected chi connectivity index (χ4v) is 13.2. The number of primary amides is 1. The van der Waals surface area contributed by atoms with E-state index < -0.39 is 237 Å². The number of rotatable bonds is 15. The molecular formula is C69H80Cl3N9O24. The van der Waals surface area contributed by atoms with Gasteiger partial charge in [-0.25, -0.2) is 4.79 Å². The molecule has 0 spiro atoms. The molecule has 7 aliphatic heterocycles. The molecule has 2 saturated heterocycles. The lowest BCUT2D eigenvalue weighted by atomic mass is 9.86. The topological polar surface area (TPSA) is 532 Å². The molecule has 7 heterocycles. The van der Waals surface area contributed by atoms with E-state index in [9.17, 15) is 75.0 Å². The van der Waals surface area contributed by atoms with Crippen LogP contribution in [0.15, 0.2) is 83.9 Å². The number of carboxylic acids is 1. The number of nitrogens with one attached hydrogen (secondary N) is 6. The normalized spacial score (nSPS) is 28.7. The number of nitrogens with zero attached hydrogens (tertiary/aromatic N) is 1. The van der Waals surface area contributed by atoms with Crippen molar-refractivity contribution in [3.8, 4) is 57.1 Å². The van der Waals surface area contributed by atoms with E-state index in [1.165, 1.54) is 25.3 Å². The van der Waals surface area contributed by atoms with Gasteiger partial charge in [0.1, 0.15) is 107 Å². The average Bonchev–Trinajstić information content (AvgIpc) is 0.769. The van der Waals surface area contributed by atoms with Crippen molar-refractivity contribution in [1.82, 2.24) is 31.9 Å². The highest BCUT2D eigenvalue weighted by atomic mass is 35.5. The van der Waals surface area contributed by atoms with Gasteiger partial charge in [-0.3, -0.25) is 38.6 Å². The van der Waals surface area contributed by atoms with Gasteiger partial charge in [0, 0.05) is 22.8 Å². The van der Waals surface area contributed by atoms with Gasteiger partial charge in [-0.2, -0.15) is 0 Å². The van der Waals surface area contributed by atoms with Crippen LogP contribution in [-0.2, 0) is 52.6 Å². The van der Waals surface area contributed by atoms with Crippen molar-refractivity contribution >= 4 is 76.7 Å². The number of aromatic hydroxyl groups is 3. The molecule has 0 saturated carbocycles. The van der Waals surface area contributed by atoms with Crippen LogP contribution in [-0.4, -0.2) is 190 Å². The van der Waals surface area contributed by atoms with Crippen LogP contribution < -0.4 is 70.0 Å². The van der Waals surface area contributed by atoms with Crippen molar-refractivity contribution in [3.05, 3.63) is 117 Å². The van der Waals surface area contributed by atoms with Crippen molar-refractivity contribution in [2.45, 2.75) is 176 Å². The zero-order valence-corrected chi connectivity index (χ0v) is 59.0. The Morgan fingerprint density at radius 3 is 1.95 bits per heavy atom. The number of phenolic OH excluding ortho intramolecular Hbond substituents is 3. The van der Waals surface area contributed by atoms with Crippen LogP contribution >= 0.6 is 23.2 Å². The number of aliphatic hydroxyl groups is 6. The maximum Gasteiger partial charge on any atom is 0.330 e. The number of quaternary nitrogens is 1. The second kappa shape index (κ2) is 33.1. The number of ether oxygens (including phenoxy) is 6. The number of fused-ring (bicyclic) bond motifs is 15. The summed E-state index contributed by atoms with van der Waals surface area (Å²) in [6.45, 7) is 7.70. The number of amides is 7.